The van der Waals surface area contributed by atoms with Crippen LogP contribution in [-0.2, 0) is 4.79 Å². The van der Waals surface area contributed by atoms with Crippen molar-refractivity contribution < 1.29 is 4.79 Å². The second kappa shape index (κ2) is 11.9. The highest BCUT2D eigenvalue weighted by atomic mass is 32.2. The summed E-state index contributed by atoms with van der Waals surface area (Å²) in [4.78, 5) is 14.6. The van der Waals surface area contributed by atoms with Crippen LogP contribution >= 0.6 is 11.8 Å². The lowest BCUT2D eigenvalue weighted by atomic mass is 10.1. The number of benzene rings is 2. The third kappa shape index (κ3) is 6.72. The molecular weight excluding hydrogens is 436 g/mol. The molecule has 3 aromatic rings. The van der Waals surface area contributed by atoms with Gasteiger partial charge >= 0.3 is 0 Å². The molecule has 10 heteroatoms. The van der Waals surface area contributed by atoms with Crippen LogP contribution in [-0.4, -0.2) is 45.8 Å². The summed E-state index contributed by atoms with van der Waals surface area (Å²) in [7, 11) is 0. The summed E-state index contributed by atoms with van der Waals surface area (Å²) in [5.74, 6) is 6.39. The molecule has 0 aliphatic carbocycles. The van der Waals surface area contributed by atoms with Crippen LogP contribution in [0.5, 0.6) is 0 Å². The topological polar surface area (TPSA) is 113 Å². The zero-order chi connectivity index (χ0) is 23.6. The van der Waals surface area contributed by atoms with E-state index < -0.39 is 0 Å². The minimum Gasteiger partial charge on any atom is -0.372 e. The van der Waals surface area contributed by atoms with Gasteiger partial charge in [0.15, 0.2) is 0 Å². The quantitative estimate of drug-likeness (QED) is 0.172. The first-order valence-corrected chi connectivity index (χ1v) is 11.8. The fraction of sp³-hybridized carbons (Fsp3) is 0.304. The number of nitrogens with zero attached hydrogens (tertiary/aromatic N) is 5. The monoisotopic (exact) mass is 466 g/mol. The summed E-state index contributed by atoms with van der Waals surface area (Å²) in [6, 6.07) is 17.9. The molecule has 174 valence electrons. The molecule has 0 aliphatic rings. The second-order valence-corrected chi connectivity index (χ2v) is 8.24. The molecule has 0 aliphatic heterocycles. The van der Waals surface area contributed by atoms with Gasteiger partial charge in [-0.1, -0.05) is 54.2 Å². The van der Waals surface area contributed by atoms with Crippen LogP contribution in [0.2, 0.25) is 0 Å². The summed E-state index contributed by atoms with van der Waals surface area (Å²) in [5.41, 5.74) is 5.96. The molecule has 0 spiro atoms. The summed E-state index contributed by atoms with van der Waals surface area (Å²) in [6.45, 7) is 8.14. The largest absolute Gasteiger partial charge is 0.372 e. The third-order valence-corrected chi connectivity index (χ3v) is 6.02. The lowest BCUT2D eigenvalue weighted by Gasteiger charge is -2.20. The van der Waals surface area contributed by atoms with Crippen molar-refractivity contribution in [3.05, 3.63) is 65.7 Å². The van der Waals surface area contributed by atoms with Crippen molar-refractivity contribution in [3.63, 3.8) is 0 Å². The Balaban J connectivity index is 1.49. The van der Waals surface area contributed by atoms with E-state index in [1.165, 1.54) is 22.1 Å². The minimum atomic E-state index is -0.111. The van der Waals surface area contributed by atoms with Gasteiger partial charge in [0.05, 0.1) is 18.0 Å². The van der Waals surface area contributed by atoms with Crippen molar-refractivity contribution in [1.29, 1.82) is 0 Å². The fourth-order valence-electron chi connectivity index (χ4n) is 3.21. The molecule has 0 fully saturated rings. The Morgan fingerprint density at radius 3 is 2.52 bits per heavy atom. The van der Waals surface area contributed by atoms with Crippen molar-refractivity contribution in [3.8, 4) is 0 Å². The molecule has 1 heterocycles. The highest BCUT2D eigenvalue weighted by Gasteiger charge is 2.14. The summed E-state index contributed by atoms with van der Waals surface area (Å²) in [6.07, 6.45) is 1.69. The third-order valence-electron chi connectivity index (χ3n) is 5.07. The van der Waals surface area contributed by atoms with Gasteiger partial charge in [-0.2, -0.15) is 5.10 Å². The van der Waals surface area contributed by atoms with E-state index in [9.17, 15) is 4.79 Å². The zero-order valence-corrected chi connectivity index (χ0v) is 19.9. The van der Waals surface area contributed by atoms with E-state index in [0.717, 1.165) is 24.2 Å². The van der Waals surface area contributed by atoms with Crippen molar-refractivity contribution in [2.45, 2.75) is 32.0 Å². The molecule has 3 rings (SSSR count). The van der Waals surface area contributed by atoms with E-state index in [1.54, 1.807) is 6.21 Å². The average Bonchev–Trinajstić information content (AvgIpc) is 3.19. The Bertz CT molecular complexity index is 1050. The molecule has 0 saturated heterocycles. The van der Waals surface area contributed by atoms with Crippen LogP contribution in [0, 0.1) is 0 Å². The van der Waals surface area contributed by atoms with Gasteiger partial charge in [-0.15, -0.1) is 10.2 Å². The van der Waals surface area contributed by atoms with Crippen LogP contribution in [0.3, 0.4) is 0 Å². The first-order chi connectivity index (χ1) is 16.0. The Kier molecular flexibility index (Phi) is 8.71. The van der Waals surface area contributed by atoms with Gasteiger partial charge in [0.25, 0.3) is 5.95 Å². The molecule has 9 nitrogen and oxygen atoms in total. The van der Waals surface area contributed by atoms with Crippen molar-refractivity contribution in [2.24, 2.45) is 5.10 Å². The fourth-order valence-corrected chi connectivity index (χ4v) is 3.88. The van der Waals surface area contributed by atoms with E-state index in [4.69, 9.17) is 5.84 Å². The Morgan fingerprint density at radius 2 is 1.85 bits per heavy atom. The number of hydrogen-bond acceptors (Lipinski definition) is 8. The molecular formula is C23H30N8OS. The number of anilines is 2. The van der Waals surface area contributed by atoms with Crippen LogP contribution in [0.25, 0.3) is 0 Å². The first kappa shape index (κ1) is 24.1. The molecule has 33 heavy (non-hydrogen) atoms. The van der Waals surface area contributed by atoms with Crippen LogP contribution in [0.15, 0.2) is 64.9 Å². The molecule has 0 radical (unpaired) electrons. The molecule has 2 aromatic carbocycles. The highest BCUT2D eigenvalue weighted by molar-refractivity contribution is 7.99. The van der Waals surface area contributed by atoms with Gasteiger partial charge in [0.1, 0.15) is 0 Å². The summed E-state index contributed by atoms with van der Waals surface area (Å²) in [5, 5.41) is 15.6. The molecule has 1 amide bonds. The lowest BCUT2D eigenvalue weighted by molar-refractivity contribution is -0.119. The van der Waals surface area contributed by atoms with Crippen LogP contribution in [0.1, 0.15) is 37.9 Å². The van der Waals surface area contributed by atoms with Gasteiger partial charge in [-0.3, -0.25) is 4.79 Å². The highest BCUT2D eigenvalue weighted by Crippen LogP contribution is 2.18. The van der Waals surface area contributed by atoms with Crippen molar-refractivity contribution in [2.75, 3.05) is 35.0 Å². The minimum absolute atomic E-state index is 0.0808. The first-order valence-electron chi connectivity index (χ1n) is 10.8. The number of thioether (sulfide) groups is 1. The molecule has 0 saturated carbocycles. The Hall–Kier alpha value is -3.53. The zero-order valence-electron chi connectivity index (χ0n) is 19.1. The number of hydrogen-bond donors (Lipinski definition) is 3. The van der Waals surface area contributed by atoms with Gasteiger partial charge in [0, 0.05) is 18.8 Å². The van der Waals surface area contributed by atoms with Gasteiger partial charge in [-0.05, 0) is 44.0 Å². The number of nitrogens with two attached hydrogens (primary N) is 1. The standard InChI is InChI=1S/C23H30N8OS/c1-4-30(5-2)20-13-11-18(12-14-20)15-25-27-22-28-29-23(31(22)24)33-16-21(32)26-17(3)19-9-7-6-8-10-19/h6-15,17H,4-5,16,24H2,1-3H3,(H,26,32)(H,27,28)/b25-15+. The number of hydrazone groups is 1. The van der Waals surface area contributed by atoms with E-state index >= 15 is 0 Å². The number of rotatable bonds is 11. The smallest absolute Gasteiger partial charge is 0.264 e. The predicted molar refractivity (Wildman–Crippen MR) is 135 cm³/mol. The van der Waals surface area contributed by atoms with Crippen LogP contribution in [0.4, 0.5) is 11.6 Å². The maximum Gasteiger partial charge on any atom is 0.264 e. The molecule has 1 unspecified atom stereocenters. The van der Waals surface area contributed by atoms with E-state index in [-0.39, 0.29) is 23.7 Å². The number of nitrogen functional groups attached to an aromatic ring is 1. The lowest BCUT2D eigenvalue weighted by Crippen LogP contribution is -2.28. The van der Waals surface area contributed by atoms with Crippen molar-refractivity contribution in [1.82, 2.24) is 20.2 Å². The molecule has 4 N–H and O–H groups in total. The number of nitrogens with one attached hydrogen (secondary N) is 2. The summed E-state index contributed by atoms with van der Waals surface area (Å²) >= 11 is 1.21. The molecule has 1 aromatic heterocycles. The van der Waals surface area contributed by atoms with Gasteiger partial charge < -0.3 is 16.1 Å². The van der Waals surface area contributed by atoms with E-state index in [2.05, 4.69) is 56.9 Å². The molecule has 0 bridgehead atoms. The number of carbonyl (C=O) groups excluding carboxylic acids is 1. The van der Waals surface area contributed by atoms with E-state index in [0.29, 0.717) is 5.16 Å². The predicted octanol–water partition coefficient (Wildman–Crippen LogP) is 3.25. The number of amides is 1. The number of aromatic nitrogens is 3. The SMILES string of the molecule is CCN(CC)c1ccc(/C=N/Nc2nnc(SCC(=O)NC(C)c3ccccc3)n2N)cc1. The number of carbonyl (C=O) groups is 1. The Morgan fingerprint density at radius 1 is 1.15 bits per heavy atom. The average molecular weight is 467 g/mol. The Labute approximate surface area is 198 Å². The maximum atomic E-state index is 12.3. The van der Waals surface area contributed by atoms with E-state index in [1.807, 2.05) is 49.4 Å². The summed E-state index contributed by atoms with van der Waals surface area (Å²) < 4.78 is 1.28. The van der Waals surface area contributed by atoms with Crippen molar-refractivity contribution >= 4 is 35.5 Å². The van der Waals surface area contributed by atoms with Gasteiger partial charge in [0.2, 0.25) is 11.1 Å². The van der Waals surface area contributed by atoms with Crippen LogP contribution < -0.4 is 21.5 Å². The van der Waals surface area contributed by atoms with Gasteiger partial charge in [-0.25, -0.2) is 10.1 Å². The maximum absolute atomic E-state index is 12.3. The second-order valence-electron chi connectivity index (χ2n) is 7.30. The normalized spacial score (nSPS) is 12.0. The molecule has 1 atom stereocenters.